The summed E-state index contributed by atoms with van der Waals surface area (Å²) >= 11 is 0. The van der Waals surface area contributed by atoms with Crippen LogP contribution in [-0.2, 0) is 9.59 Å². The fraction of sp³-hybridized carbons (Fsp3) is 0.600. The lowest BCUT2D eigenvalue weighted by Gasteiger charge is -2.28. The number of carboxylic acids is 1. The van der Waals surface area contributed by atoms with E-state index in [0.29, 0.717) is 4.48 Å². The number of ketones is 1. The molecule has 2 atom stereocenters. The zero-order chi connectivity index (χ0) is 12.2. The highest BCUT2D eigenvalue weighted by Crippen LogP contribution is 2.09. The van der Waals surface area contributed by atoms with Crippen LogP contribution in [0.3, 0.4) is 0 Å². The fourth-order valence-corrected chi connectivity index (χ4v) is 1.21. The van der Waals surface area contributed by atoms with Crippen LogP contribution in [0.1, 0.15) is 0 Å². The molecule has 0 aliphatic heterocycles. The fourth-order valence-electron chi connectivity index (χ4n) is 1.21. The van der Waals surface area contributed by atoms with Crippen LogP contribution in [0.15, 0.2) is 0 Å². The maximum atomic E-state index is 11.1. The van der Waals surface area contributed by atoms with Crippen LogP contribution in [0.25, 0.3) is 0 Å². The van der Waals surface area contributed by atoms with Gasteiger partial charge in [-0.15, -0.1) is 6.42 Å². The lowest BCUT2D eigenvalue weighted by molar-refractivity contribution is -0.873. The number of nitrogens with zero attached hydrogens (tertiary/aromatic N) is 1. The molecule has 0 aliphatic rings. The van der Waals surface area contributed by atoms with Crippen molar-refractivity contribution >= 4 is 11.8 Å². The number of aliphatic hydroxyl groups excluding tert-OH is 1. The van der Waals surface area contributed by atoms with Crippen molar-refractivity contribution in [1.82, 2.24) is 0 Å². The first-order valence-electron chi connectivity index (χ1n) is 4.41. The third-order valence-electron chi connectivity index (χ3n) is 1.81. The molecule has 15 heavy (non-hydrogen) atoms. The standard InChI is InChI=1S/C10H15NO4/c1-5-7(12)9(10(14)15)8(13)6-11(2,3)4/h1,8-9,13H,6H2,2-4H3/p+1. The summed E-state index contributed by atoms with van der Waals surface area (Å²) in [6, 6.07) is 0. The molecule has 0 amide bonds. The third-order valence-corrected chi connectivity index (χ3v) is 1.81. The van der Waals surface area contributed by atoms with Crippen LogP contribution >= 0.6 is 0 Å². The van der Waals surface area contributed by atoms with Gasteiger partial charge in [0.25, 0.3) is 0 Å². The first-order chi connectivity index (χ1) is 6.69. The monoisotopic (exact) mass is 214 g/mol. The molecule has 2 unspecified atom stereocenters. The van der Waals surface area contributed by atoms with Gasteiger partial charge in [-0.2, -0.15) is 0 Å². The van der Waals surface area contributed by atoms with E-state index in [2.05, 4.69) is 0 Å². The lowest BCUT2D eigenvalue weighted by Crippen LogP contribution is -2.47. The van der Waals surface area contributed by atoms with Gasteiger partial charge in [0.1, 0.15) is 12.6 Å². The Morgan fingerprint density at radius 1 is 1.40 bits per heavy atom. The number of terminal acetylenes is 1. The zero-order valence-electron chi connectivity index (χ0n) is 9.10. The molecule has 0 heterocycles. The van der Waals surface area contributed by atoms with Crippen LogP contribution < -0.4 is 0 Å². The van der Waals surface area contributed by atoms with Crippen LogP contribution in [0.5, 0.6) is 0 Å². The molecular weight excluding hydrogens is 198 g/mol. The number of rotatable bonds is 5. The van der Waals surface area contributed by atoms with E-state index in [0.717, 1.165) is 0 Å². The maximum absolute atomic E-state index is 11.1. The molecule has 0 rings (SSSR count). The van der Waals surface area contributed by atoms with Crippen LogP contribution in [0, 0.1) is 18.3 Å². The minimum absolute atomic E-state index is 0.143. The zero-order valence-corrected chi connectivity index (χ0v) is 9.10. The molecular formula is C10H16NO4+. The minimum Gasteiger partial charge on any atom is -0.481 e. The molecule has 2 N–H and O–H groups in total. The van der Waals surface area contributed by atoms with Gasteiger partial charge in [-0.05, 0) is 5.92 Å². The van der Waals surface area contributed by atoms with Crippen molar-refractivity contribution in [3.63, 3.8) is 0 Å². The first-order valence-corrected chi connectivity index (χ1v) is 4.41. The Morgan fingerprint density at radius 2 is 1.87 bits per heavy atom. The van der Waals surface area contributed by atoms with E-state index in [1.54, 1.807) is 27.1 Å². The Kier molecular flexibility index (Phi) is 4.46. The number of likely N-dealkylation sites (N-methyl/N-ethyl adjacent to an activating group) is 1. The molecule has 0 aromatic rings. The number of carboxylic acid groups (broad SMARTS) is 1. The first kappa shape index (κ1) is 13.6. The Labute approximate surface area is 88.9 Å². The van der Waals surface area contributed by atoms with Crippen molar-refractivity contribution in [2.45, 2.75) is 6.10 Å². The van der Waals surface area contributed by atoms with Gasteiger partial charge in [-0.1, -0.05) is 0 Å². The van der Waals surface area contributed by atoms with Gasteiger partial charge in [-0.3, -0.25) is 9.59 Å². The van der Waals surface area contributed by atoms with E-state index in [1.165, 1.54) is 0 Å². The van der Waals surface area contributed by atoms with Gasteiger partial charge in [0.15, 0.2) is 5.92 Å². The summed E-state index contributed by atoms with van der Waals surface area (Å²) in [6.45, 7) is 0.143. The second-order valence-corrected chi connectivity index (χ2v) is 4.36. The summed E-state index contributed by atoms with van der Waals surface area (Å²) in [5.41, 5.74) is 0. The van der Waals surface area contributed by atoms with Crippen molar-refractivity contribution in [2.75, 3.05) is 27.7 Å². The molecule has 0 saturated heterocycles. The summed E-state index contributed by atoms with van der Waals surface area (Å²) in [5, 5.41) is 18.4. The van der Waals surface area contributed by atoms with Crippen molar-refractivity contribution < 1.29 is 24.3 Å². The van der Waals surface area contributed by atoms with Gasteiger partial charge in [0.2, 0.25) is 5.78 Å². The molecule has 5 heteroatoms. The topological polar surface area (TPSA) is 74.6 Å². The summed E-state index contributed by atoms with van der Waals surface area (Å²) in [7, 11) is 5.34. The smallest absolute Gasteiger partial charge is 0.318 e. The SMILES string of the molecule is C#CC(=O)C(C(=O)O)C(O)C[N+](C)(C)C. The summed E-state index contributed by atoms with van der Waals surface area (Å²) in [5.74, 6) is -2.10. The number of aliphatic hydroxyl groups is 1. The molecule has 0 spiro atoms. The number of carbonyl (C=O) groups is 2. The second kappa shape index (κ2) is 4.91. The maximum Gasteiger partial charge on any atom is 0.318 e. The van der Waals surface area contributed by atoms with E-state index < -0.39 is 23.8 Å². The molecule has 0 radical (unpaired) electrons. The number of carbonyl (C=O) groups excluding carboxylic acids is 1. The molecule has 5 nitrogen and oxygen atoms in total. The number of aliphatic carboxylic acids is 1. The molecule has 0 bridgehead atoms. The molecule has 84 valence electrons. The second-order valence-electron chi connectivity index (χ2n) is 4.36. The van der Waals surface area contributed by atoms with Gasteiger partial charge in [0, 0.05) is 0 Å². The Morgan fingerprint density at radius 3 is 2.13 bits per heavy atom. The Hall–Kier alpha value is -1.38. The van der Waals surface area contributed by atoms with Crippen molar-refractivity contribution in [3.05, 3.63) is 0 Å². The van der Waals surface area contributed by atoms with E-state index in [4.69, 9.17) is 11.5 Å². The van der Waals surface area contributed by atoms with Crippen LogP contribution in [0.4, 0.5) is 0 Å². The van der Waals surface area contributed by atoms with E-state index in [-0.39, 0.29) is 6.54 Å². The number of hydrogen-bond donors (Lipinski definition) is 2. The summed E-state index contributed by atoms with van der Waals surface area (Å²) in [4.78, 5) is 21.8. The summed E-state index contributed by atoms with van der Waals surface area (Å²) in [6.07, 6.45) is 3.56. The molecule has 0 fully saturated rings. The largest absolute Gasteiger partial charge is 0.481 e. The van der Waals surface area contributed by atoms with E-state index in [1.807, 2.05) is 0 Å². The molecule has 0 aliphatic carbocycles. The summed E-state index contributed by atoms with van der Waals surface area (Å²) < 4.78 is 0.350. The number of Topliss-reactive ketones (excluding diaryl/α,β-unsaturated/α-hetero) is 1. The van der Waals surface area contributed by atoms with Crippen LogP contribution in [-0.4, -0.2) is 60.2 Å². The van der Waals surface area contributed by atoms with E-state index >= 15 is 0 Å². The van der Waals surface area contributed by atoms with Crippen molar-refractivity contribution in [3.8, 4) is 12.3 Å². The minimum atomic E-state index is -1.53. The number of quaternary nitrogens is 1. The normalized spacial score (nSPS) is 15.1. The quantitative estimate of drug-likeness (QED) is 0.265. The van der Waals surface area contributed by atoms with Gasteiger partial charge in [0.05, 0.1) is 21.1 Å². The highest BCUT2D eigenvalue weighted by Gasteiger charge is 2.35. The van der Waals surface area contributed by atoms with Gasteiger partial charge < -0.3 is 14.7 Å². The molecule has 0 aromatic carbocycles. The molecule has 0 aromatic heterocycles. The predicted octanol–water partition coefficient (Wildman–Crippen LogP) is -1.04. The van der Waals surface area contributed by atoms with Gasteiger partial charge in [-0.25, -0.2) is 0 Å². The van der Waals surface area contributed by atoms with Crippen molar-refractivity contribution in [2.24, 2.45) is 5.92 Å². The van der Waals surface area contributed by atoms with E-state index in [9.17, 15) is 14.7 Å². The third kappa shape index (κ3) is 4.58. The van der Waals surface area contributed by atoms with Crippen LogP contribution in [0.2, 0.25) is 0 Å². The molecule has 0 saturated carbocycles. The average Bonchev–Trinajstić information content (AvgIpc) is 1.99. The average molecular weight is 214 g/mol. The highest BCUT2D eigenvalue weighted by atomic mass is 16.4. The Bertz CT molecular complexity index is 298. The number of hydrogen-bond acceptors (Lipinski definition) is 3. The van der Waals surface area contributed by atoms with Gasteiger partial charge >= 0.3 is 5.97 Å². The lowest BCUT2D eigenvalue weighted by atomic mass is 9.97. The predicted molar refractivity (Wildman–Crippen MR) is 53.9 cm³/mol. The Balaban J connectivity index is 4.74. The highest BCUT2D eigenvalue weighted by molar-refractivity contribution is 6.08. The van der Waals surface area contributed by atoms with Crippen molar-refractivity contribution in [1.29, 1.82) is 0 Å².